The van der Waals surface area contributed by atoms with Crippen LogP contribution in [0.15, 0.2) is 42.5 Å². The number of ether oxygens (including phenoxy) is 1. The first-order chi connectivity index (χ1) is 15.3. The fourth-order valence-electron chi connectivity index (χ4n) is 2.96. The average Bonchev–Trinajstić information content (AvgIpc) is 2.76. The second kappa shape index (κ2) is 12.1. The minimum atomic E-state index is -0.764. The number of nitrogens with one attached hydrogen (secondary N) is 3. The highest BCUT2D eigenvalue weighted by Crippen LogP contribution is 2.22. The molecular formula is C24H30ClN3O4. The molecule has 0 aromatic heterocycles. The minimum absolute atomic E-state index is 0.156. The van der Waals surface area contributed by atoms with Gasteiger partial charge in [0.1, 0.15) is 11.8 Å². The molecule has 172 valence electrons. The van der Waals surface area contributed by atoms with Gasteiger partial charge in [0.25, 0.3) is 11.8 Å². The molecule has 1 atom stereocenters. The van der Waals surface area contributed by atoms with Gasteiger partial charge in [-0.1, -0.05) is 32.4 Å². The van der Waals surface area contributed by atoms with Crippen molar-refractivity contribution in [2.24, 2.45) is 5.92 Å². The normalized spacial score (nSPS) is 11.6. The predicted molar refractivity (Wildman–Crippen MR) is 126 cm³/mol. The summed E-state index contributed by atoms with van der Waals surface area (Å²) in [7, 11) is 0. The maximum absolute atomic E-state index is 12.9. The number of carbonyl (C=O) groups is 3. The molecule has 7 nitrogen and oxygen atoms in total. The lowest BCUT2D eigenvalue weighted by molar-refractivity contribution is -0.118. The topological polar surface area (TPSA) is 96.5 Å². The Labute approximate surface area is 193 Å². The summed E-state index contributed by atoms with van der Waals surface area (Å²) in [4.78, 5) is 37.6. The molecule has 1 unspecified atom stereocenters. The van der Waals surface area contributed by atoms with Gasteiger partial charge in [-0.25, -0.2) is 0 Å². The van der Waals surface area contributed by atoms with Crippen molar-refractivity contribution in [2.45, 2.75) is 40.2 Å². The quantitative estimate of drug-likeness (QED) is 0.494. The van der Waals surface area contributed by atoms with Crippen LogP contribution in [0.25, 0.3) is 0 Å². The Morgan fingerprint density at radius 2 is 1.69 bits per heavy atom. The van der Waals surface area contributed by atoms with Crippen molar-refractivity contribution in [3.63, 3.8) is 0 Å². The SMILES string of the molecule is CCCNC(=O)c1ccc(NC(=O)C(NC(=O)c2ccc(OCC)cc2)C(C)C)cc1Cl. The van der Waals surface area contributed by atoms with Crippen LogP contribution in [0.1, 0.15) is 54.8 Å². The molecule has 0 bridgehead atoms. The van der Waals surface area contributed by atoms with Crippen molar-refractivity contribution in [2.75, 3.05) is 18.5 Å². The van der Waals surface area contributed by atoms with E-state index < -0.39 is 6.04 Å². The number of carbonyl (C=O) groups excluding carboxylic acids is 3. The van der Waals surface area contributed by atoms with Crippen LogP contribution in [0.3, 0.4) is 0 Å². The molecule has 8 heteroatoms. The first-order valence-corrected chi connectivity index (χ1v) is 11.1. The number of rotatable bonds is 10. The first-order valence-electron chi connectivity index (χ1n) is 10.7. The third kappa shape index (κ3) is 6.99. The molecule has 0 fully saturated rings. The van der Waals surface area contributed by atoms with Crippen LogP contribution in [0.4, 0.5) is 5.69 Å². The molecule has 0 aliphatic heterocycles. The third-order valence-electron chi connectivity index (χ3n) is 4.68. The monoisotopic (exact) mass is 459 g/mol. The molecule has 2 aromatic carbocycles. The van der Waals surface area contributed by atoms with E-state index in [0.29, 0.717) is 35.7 Å². The lowest BCUT2D eigenvalue weighted by atomic mass is 10.0. The lowest BCUT2D eigenvalue weighted by Gasteiger charge is -2.22. The fraction of sp³-hybridized carbons (Fsp3) is 0.375. The number of amides is 3. The molecule has 0 saturated heterocycles. The van der Waals surface area contributed by atoms with E-state index in [-0.39, 0.29) is 28.7 Å². The van der Waals surface area contributed by atoms with Gasteiger partial charge in [0, 0.05) is 17.8 Å². The molecule has 0 aliphatic carbocycles. The molecule has 0 aliphatic rings. The fourth-order valence-corrected chi connectivity index (χ4v) is 3.23. The number of benzene rings is 2. The van der Waals surface area contributed by atoms with Crippen LogP contribution in [0.2, 0.25) is 5.02 Å². The second-order valence-corrected chi connectivity index (χ2v) is 8.00. The van der Waals surface area contributed by atoms with Crippen LogP contribution < -0.4 is 20.7 Å². The van der Waals surface area contributed by atoms with E-state index in [9.17, 15) is 14.4 Å². The van der Waals surface area contributed by atoms with Crippen molar-refractivity contribution in [3.8, 4) is 5.75 Å². The van der Waals surface area contributed by atoms with Gasteiger partial charge >= 0.3 is 0 Å². The van der Waals surface area contributed by atoms with Gasteiger partial charge in [-0.3, -0.25) is 14.4 Å². The summed E-state index contributed by atoms with van der Waals surface area (Å²) < 4.78 is 5.38. The van der Waals surface area contributed by atoms with E-state index in [2.05, 4.69) is 16.0 Å². The summed E-state index contributed by atoms with van der Waals surface area (Å²) in [6.45, 7) is 8.62. The lowest BCUT2D eigenvalue weighted by Crippen LogP contribution is -2.47. The van der Waals surface area contributed by atoms with Crippen LogP contribution in [0.5, 0.6) is 5.75 Å². The summed E-state index contributed by atoms with van der Waals surface area (Å²) in [6.07, 6.45) is 0.816. The number of hydrogen-bond acceptors (Lipinski definition) is 4. The van der Waals surface area contributed by atoms with Crippen molar-refractivity contribution in [3.05, 3.63) is 58.6 Å². The minimum Gasteiger partial charge on any atom is -0.494 e. The summed E-state index contributed by atoms with van der Waals surface area (Å²) in [6, 6.07) is 10.6. The Morgan fingerprint density at radius 3 is 2.25 bits per heavy atom. The Balaban J connectivity index is 2.07. The summed E-state index contributed by atoms with van der Waals surface area (Å²) in [5, 5.41) is 8.55. The third-order valence-corrected chi connectivity index (χ3v) is 4.99. The van der Waals surface area contributed by atoms with Crippen molar-refractivity contribution in [1.29, 1.82) is 0 Å². The number of halogens is 1. The van der Waals surface area contributed by atoms with E-state index >= 15 is 0 Å². The standard InChI is InChI=1S/C24H30ClN3O4/c1-5-13-26-23(30)19-12-9-17(14-20(19)25)27-24(31)21(15(3)4)28-22(29)16-7-10-18(11-8-16)32-6-2/h7-12,14-15,21H,5-6,13H2,1-4H3,(H,26,30)(H,27,31)(H,28,29). The summed E-state index contributed by atoms with van der Waals surface area (Å²) in [5.41, 5.74) is 1.20. The van der Waals surface area contributed by atoms with Crippen LogP contribution in [-0.4, -0.2) is 36.9 Å². The molecule has 2 rings (SSSR count). The largest absolute Gasteiger partial charge is 0.494 e. The van der Waals surface area contributed by atoms with Gasteiger partial charge in [0.15, 0.2) is 0 Å². The maximum atomic E-state index is 12.9. The average molecular weight is 460 g/mol. The van der Waals surface area contributed by atoms with E-state index in [0.717, 1.165) is 6.42 Å². The highest BCUT2D eigenvalue weighted by molar-refractivity contribution is 6.34. The molecule has 0 radical (unpaired) electrons. The van der Waals surface area contributed by atoms with Gasteiger partial charge in [0.2, 0.25) is 5.91 Å². The van der Waals surface area contributed by atoms with Gasteiger partial charge in [-0.2, -0.15) is 0 Å². The van der Waals surface area contributed by atoms with E-state index in [1.54, 1.807) is 36.4 Å². The number of hydrogen-bond donors (Lipinski definition) is 3. The smallest absolute Gasteiger partial charge is 0.252 e. The van der Waals surface area contributed by atoms with Gasteiger partial charge < -0.3 is 20.7 Å². The summed E-state index contributed by atoms with van der Waals surface area (Å²) >= 11 is 6.24. The molecule has 0 spiro atoms. The Kier molecular flexibility index (Phi) is 9.53. The Bertz CT molecular complexity index is 945. The maximum Gasteiger partial charge on any atom is 0.252 e. The Morgan fingerprint density at radius 1 is 1.00 bits per heavy atom. The highest BCUT2D eigenvalue weighted by Gasteiger charge is 2.25. The van der Waals surface area contributed by atoms with Gasteiger partial charge in [-0.05, 0) is 61.7 Å². The molecule has 0 saturated carbocycles. The van der Waals surface area contributed by atoms with Crippen molar-refractivity contribution >= 4 is 35.0 Å². The van der Waals surface area contributed by atoms with Crippen LogP contribution in [-0.2, 0) is 4.79 Å². The molecule has 3 amide bonds. The second-order valence-electron chi connectivity index (χ2n) is 7.59. The van der Waals surface area contributed by atoms with E-state index in [1.807, 2.05) is 27.7 Å². The first kappa shape index (κ1) is 25.2. The molecule has 32 heavy (non-hydrogen) atoms. The van der Waals surface area contributed by atoms with Crippen LogP contribution >= 0.6 is 11.6 Å². The van der Waals surface area contributed by atoms with Gasteiger partial charge in [-0.15, -0.1) is 0 Å². The van der Waals surface area contributed by atoms with Crippen LogP contribution in [0, 0.1) is 5.92 Å². The van der Waals surface area contributed by atoms with E-state index in [1.165, 1.54) is 6.07 Å². The zero-order chi connectivity index (χ0) is 23.7. The van der Waals surface area contributed by atoms with Crippen molar-refractivity contribution in [1.82, 2.24) is 10.6 Å². The zero-order valence-corrected chi connectivity index (χ0v) is 19.6. The number of anilines is 1. The van der Waals surface area contributed by atoms with Gasteiger partial charge in [0.05, 0.1) is 17.2 Å². The predicted octanol–water partition coefficient (Wildman–Crippen LogP) is 4.27. The molecule has 0 heterocycles. The van der Waals surface area contributed by atoms with E-state index in [4.69, 9.17) is 16.3 Å². The molecule has 2 aromatic rings. The Hall–Kier alpha value is -3.06. The highest BCUT2D eigenvalue weighted by atomic mass is 35.5. The summed E-state index contributed by atoms with van der Waals surface area (Å²) in [5.74, 6) is -0.485. The molecule has 3 N–H and O–H groups in total. The zero-order valence-electron chi connectivity index (χ0n) is 18.8. The van der Waals surface area contributed by atoms with Crippen molar-refractivity contribution < 1.29 is 19.1 Å². The molecular weight excluding hydrogens is 430 g/mol.